The van der Waals surface area contributed by atoms with E-state index in [2.05, 4.69) is 41.6 Å². The van der Waals surface area contributed by atoms with E-state index in [-0.39, 0.29) is 11.5 Å². The molecule has 20 heavy (non-hydrogen) atoms. The third kappa shape index (κ3) is 4.13. The second-order valence-electron chi connectivity index (χ2n) is 3.90. The first-order chi connectivity index (χ1) is 9.65. The number of aromatic amines is 1. The van der Waals surface area contributed by atoms with E-state index in [4.69, 9.17) is 0 Å². The van der Waals surface area contributed by atoms with E-state index >= 15 is 0 Å². The molecule has 1 aromatic carbocycles. The van der Waals surface area contributed by atoms with E-state index in [1.54, 1.807) is 13.1 Å². The number of H-pyrrole nitrogens is 1. The van der Waals surface area contributed by atoms with E-state index < -0.39 is 0 Å². The molecule has 0 spiro atoms. The Bertz CT molecular complexity index is 693. The summed E-state index contributed by atoms with van der Waals surface area (Å²) in [5.41, 5.74) is 3.66. The molecule has 0 aliphatic rings. The molecule has 0 aliphatic carbocycles. The largest absolute Gasteiger partial charge is 0.288 e. The second-order valence-corrected chi connectivity index (χ2v) is 4.81. The van der Waals surface area contributed by atoms with Crippen LogP contribution < -0.4 is 11.0 Å². The lowest BCUT2D eigenvalue weighted by Crippen LogP contribution is -2.15. The number of allylic oxidation sites excluding steroid dienone is 1. The van der Waals surface area contributed by atoms with Crippen molar-refractivity contribution >= 4 is 34.2 Å². The zero-order valence-corrected chi connectivity index (χ0v) is 12.3. The van der Waals surface area contributed by atoms with Crippen molar-refractivity contribution in [2.24, 2.45) is 5.10 Å². The molecule has 1 aromatic heterocycles. The maximum Gasteiger partial charge on any atom is 0.274 e. The number of halogens is 1. The lowest BCUT2D eigenvalue weighted by Gasteiger charge is -1.97. The van der Waals surface area contributed by atoms with E-state index in [9.17, 15) is 4.79 Å². The summed E-state index contributed by atoms with van der Waals surface area (Å²) in [6.07, 6.45) is 3.47. The van der Waals surface area contributed by atoms with Crippen LogP contribution in [0.4, 0.5) is 5.95 Å². The average molecular weight is 334 g/mol. The number of benzene rings is 1. The van der Waals surface area contributed by atoms with Crippen molar-refractivity contribution in [3.8, 4) is 0 Å². The first kappa shape index (κ1) is 14.1. The highest BCUT2D eigenvalue weighted by atomic mass is 79.9. The molecule has 7 heteroatoms. The number of hydrazone groups is 1. The molecule has 1 heterocycles. The standard InChI is InChI=1S/C13H12BrN5O/c1-9-12(20)16-13(19-17-9)18-15-8-11(14)7-10-5-3-2-4-6-10/h2-8H,1H3,(H2,16,18,19,20)/b11-7-,15-8-. The number of aromatic nitrogens is 3. The summed E-state index contributed by atoms with van der Waals surface area (Å²) in [5, 5.41) is 11.4. The fourth-order valence-corrected chi connectivity index (χ4v) is 1.71. The van der Waals surface area contributed by atoms with Crippen molar-refractivity contribution < 1.29 is 0 Å². The van der Waals surface area contributed by atoms with Gasteiger partial charge in [-0.1, -0.05) is 30.3 Å². The van der Waals surface area contributed by atoms with Crippen LogP contribution in [0.5, 0.6) is 0 Å². The smallest absolute Gasteiger partial charge is 0.274 e. The van der Waals surface area contributed by atoms with Crippen LogP contribution in [0.3, 0.4) is 0 Å². The summed E-state index contributed by atoms with van der Waals surface area (Å²) < 4.78 is 0.776. The average Bonchev–Trinajstić information content (AvgIpc) is 2.44. The predicted molar refractivity (Wildman–Crippen MR) is 82.9 cm³/mol. The molecular formula is C13H12BrN5O. The van der Waals surface area contributed by atoms with Crippen molar-refractivity contribution in [2.45, 2.75) is 6.92 Å². The van der Waals surface area contributed by atoms with Crippen LogP contribution in [0.2, 0.25) is 0 Å². The van der Waals surface area contributed by atoms with Crippen LogP contribution in [0.1, 0.15) is 11.3 Å². The van der Waals surface area contributed by atoms with Crippen molar-refractivity contribution in [3.63, 3.8) is 0 Å². The molecule has 6 nitrogen and oxygen atoms in total. The van der Waals surface area contributed by atoms with Gasteiger partial charge in [-0.15, -0.1) is 10.2 Å². The van der Waals surface area contributed by atoms with Gasteiger partial charge in [0.2, 0.25) is 5.95 Å². The van der Waals surface area contributed by atoms with Gasteiger partial charge in [-0.3, -0.25) is 9.78 Å². The van der Waals surface area contributed by atoms with Gasteiger partial charge in [0.25, 0.3) is 5.56 Å². The Morgan fingerprint density at radius 2 is 2.10 bits per heavy atom. The molecular weight excluding hydrogens is 322 g/mol. The molecule has 0 radical (unpaired) electrons. The van der Waals surface area contributed by atoms with Gasteiger partial charge in [0.15, 0.2) is 0 Å². The minimum absolute atomic E-state index is 0.192. The normalized spacial score (nSPS) is 11.8. The number of aryl methyl sites for hydroxylation is 1. The minimum Gasteiger partial charge on any atom is -0.288 e. The summed E-state index contributed by atoms with van der Waals surface area (Å²) in [6.45, 7) is 1.58. The van der Waals surface area contributed by atoms with Gasteiger partial charge < -0.3 is 0 Å². The highest BCUT2D eigenvalue weighted by Crippen LogP contribution is 2.09. The minimum atomic E-state index is -0.295. The Morgan fingerprint density at radius 1 is 1.35 bits per heavy atom. The summed E-state index contributed by atoms with van der Waals surface area (Å²) >= 11 is 3.38. The summed E-state index contributed by atoms with van der Waals surface area (Å²) in [4.78, 5) is 13.8. The highest BCUT2D eigenvalue weighted by molar-refractivity contribution is 9.12. The van der Waals surface area contributed by atoms with Crippen LogP contribution in [0.25, 0.3) is 6.08 Å². The lowest BCUT2D eigenvalue weighted by molar-refractivity contribution is 0.897. The molecule has 0 saturated heterocycles. The fraction of sp³-hybridized carbons (Fsp3) is 0.0769. The third-order valence-corrected chi connectivity index (χ3v) is 2.76. The van der Waals surface area contributed by atoms with Crippen molar-refractivity contribution in [3.05, 3.63) is 56.4 Å². The monoisotopic (exact) mass is 333 g/mol. The molecule has 2 N–H and O–H groups in total. The van der Waals surface area contributed by atoms with Crippen LogP contribution in [-0.2, 0) is 0 Å². The fourth-order valence-electron chi connectivity index (χ4n) is 1.34. The number of hydrogen-bond acceptors (Lipinski definition) is 5. The molecule has 2 aromatic rings. The summed E-state index contributed by atoms with van der Waals surface area (Å²) in [7, 11) is 0. The molecule has 0 aliphatic heterocycles. The number of anilines is 1. The first-order valence-electron chi connectivity index (χ1n) is 5.80. The maximum atomic E-state index is 11.3. The van der Waals surface area contributed by atoms with Crippen LogP contribution >= 0.6 is 15.9 Å². The topological polar surface area (TPSA) is 83.0 Å². The van der Waals surface area contributed by atoms with Crippen LogP contribution in [0, 0.1) is 6.92 Å². The van der Waals surface area contributed by atoms with Crippen molar-refractivity contribution in [1.29, 1.82) is 0 Å². The third-order valence-electron chi connectivity index (χ3n) is 2.32. The number of hydrogen-bond donors (Lipinski definition) is 2. The first-order valence-corrected chi connectivity index (χ1v) is 6.59. The molecule has 0 amide bonds. The Kier molecular flexibility index (Phi) is 4.78. The van der Waals surface area contributed by atoms with Gasteiger partial charge in [-0.25, -0.2) is 5.43 Å². The Hall–Kier alpha value is -2.28. The highest BCUT2D eigenvalue weighted by Gasteiger charge is 1.97. The summed E-state index contributed by atoms with van der Waals surface area (Å²) in [5.74, 6) is 0.192. The molecule has 2 rings (SSSR count). The van der Waals surface area contributed by atoms with Gasteiger partial charge in [-0.05, 0) is 34.5 Å². The Labute approximate surface area is 123 Å². The van der Waals surface area contributed by atoms with Crippen molar-refractivity contribution in [2.75, 3.05) is 5.43 Å². The van der Waals surface area contributed by atoms with E-state index in [0.717, 1.165) is 10.0 Å². The second kappa shape index (κ2) is 6.76. The molecule has 0 bridgehead atoms. The number of nitrogens with zero attached hydrogens (tertiary/aromatic N) is 3. The van der Waals surface area contributed by atoms with Crippen molar-refractivity contribution in [1.82, 2.24) is 15.2 Å². The molecule has 0 atom stereocenters. The number of nitrogens with one attached hydrogen (secondary N) is 2. The van der Waals surface area contributed by atoms with Gasteiger partial charge >= 0.3 is 0 Å². The number of rotatable bonds is 4. The van der Waals surface area contributed by atoms with E-state index in [1.807, 2.05) is 36.4 Å². The lowest BCUT2D eigenvalue weighted by atomic mass is 10.2. The van der Waals surface area contributed by atoms with E-state index in [1.165, 1.54) is 0 Å². The molecule has 0 unspecified atom stereocenters. The quantitative estimate of drug-likeness (QED) is 0.664. The zero-order chi connectivity index (χ0) is 14.4. The Balaban J connectivity index is 2.01. The van der Waals surface area contributed by atoms with Gasteiger partial charge in [0.1, 0.15) is 5.69 Å². The van der Waals surface area contributed by atoms with Crippen LogP contribution in [-0.4, -0.2) is 21.4 Å². The molecule has 102 valence electrons. The molecule has 0 saturated carbocycles. The van der Waals surface area contributed by atoms with Gasteiger partial charge in [0, 0.05) is 4.48 Å². The molecule has 0 fully saturated rings. The predicted octanol–water partition coefficient (Wildman–Crippen LogP) is 2.31. The SMILES string of the molecule is Cc1nnc(N/N=C\C(Br)=C\c2ccccc2)[nH]c1=O. The van der Waals surface area contributed by atoms with Gasteiger partial charge in [-0.2, -0.15) is 5.10 Å². The summed E-state index contributed by atoms with van der Waals surface area (Å²) in [6, 6.07) is 9.81. The maximum absolute atomic E-state index is 11.3. The zero-order valence-electron chi connectivity index (χ0n) is 10.7. The Morgan fingerprint density at radius 3 is 2.80 bits per heavy atom. The van der Waals surface area contributed by atoms with Crippen LogP contribution in [0.15, 0.2) is 44.7 Å². The van der Waals surface area contributed by atoms with Gasteiger partial charge in [0.05, 0.1) is 6.21 Å². The van der Waals surface area contributed by atoms with E-state index in [0.29, 0.717) is 5.69 Å².